The highest BCUT2D eigenvalue weighted by Crippen LogP contribution is 2.49. The van der Waals surface area contributed by atoms with Crippen LogP contribution >= 0.6 is 22.6 Å². The van der Waals surface area contributed by atoms with E-state index in [-0.39, 0.29) is 22.6 Å². The van der Waals surface area contributed by atoms with Crippen LogP contribution in [0, 0.1) is 10.1 Å². The van der Waals surface area contributed by atoms with Gasteiger partial charge in [-0.3, -0.25) is 10.1 Å². The summed E-state index contributed by atoms with van der Waals surface area (Å²) in [6.45, 7) is 0. The molecule has 0 heterocycles. The first-order valence-electron chi connectivity index (χ1n) is 5.93. The van der Waals surface area contributed by atoms with Crippen LogP contribution in [0.1, 0.15) is 0 Å². The van der Waals surface area contributed by atoms with Gasteiger partial charge in [0.05, 0.1) is 4.92 Å². The predicted molar refractivity (Wildman–Crippen MR) is 77.5 cm³/mol. The number of hydrogen-bond donors (Lipinski definition) is 0. The highest BCUT2D eigenvalue weighted by atomic mass is 127. The third kappa shape index (κ3) is 4.86. The predicted octanol–water partition coefficient (Wildman–Crippen LogP) is 4.13. The fourth-order valence-corrected chi connectivity index (χ4v) is 2.14. The summed E-state index contributed by atoms with van der Waals surface area (Å²) in [5, 5.41) is 3.83. The molecule has 1 rings (SSSR count). The Bertz CT molecular complexity index is 810. The van der Waals surface area contributed by atoms with Crippen LogP contribution in [-0.4, -0.2) is 34.7 Å². The Labute approximate surface area is 157 Å². The van der Waals surface area contributed by atoms with E-state index in [1.54, 1.807) is 0 Å². The smallest absolute Gasteiger partial charge is 0.378 e. The maximum absolute atomic E-state index is 13.5. The Morgan fingerprint density at radius 1 is 0.926 bits per heavy atom. The van der Waals surface area contributed by atoms with E-state index in [1.807, 2.05) is 0 Å². The Morgan fingerprint density at radius 2 is 1.37 bits per heavy atom. The second-order valence-electron chi connectivity index (χ2n) is 4.44. The van der Waals surface area contributed by atoms with Crippen LogP contribution in [0.3, 0.4) is 0 Å². The van der Waals surface area contributed by atoms with E-state index in [0.29, 0.717) is 24.3 Å². The summed E-state index contributed by atoms with van der Waals surface area (Å²) in [6, 6.07) is 1.92. The maximum Gasteiger partial charge on any atom is 0.471 e. The van der Waals surface area contributed by atoms with Gasteiger partial charge in [-0.2, -0.15) is 43.5 Å². The first-order valence-corrected chi connectivity index (χ1v) is 8.41. The molecule has 0 aliphatic carbocycles. The SMILES string of the molecule is O=[N+]([O-])c1ccc(OS(=O)(=O)C(F)(F)C(F)(F)OC(F)(F)C(F)(F)I)cc1. The summed E-state index contributed by atoms with van der Waals surface area (Å²) >= 11 is -0.387. The van der Waals surface area contributed by atoms with Crippen LogP contribution in [0.4, 0.5) is 40.8 Å². The van der Waals surface area contributed by atoms with Crippen LogP contribution in [-0.2, 0) is 14.9 Å². The molecule has 7 nitrogen and oxygen atoms in total. The number of alkyl halides is 9. The maximum atomic E-state index is 13.5. The third-order valence-electron chi connectivity index (χ3n) is 2.49. The van der Waals surface area contributed by atoms with Crippen molar-refractivity contribution in [3.8, 4) is 5.75 Å². The summed E-state index contributed by atoms with van der Waals surface area (Å²) in [4.78, 5) is 9.39. The lowest BCUT2D eigenvalue weighted by Crippen LogP contribution is -2.55. The zero-order valence-corrected chi connectivity index (χ0v) is 15.0. The van der Waals surface area contributed by atoms with Crippen LogP contribution < -0.4 is 4.18 Å². The van der Waals surface area contributed by atoms with Gasteiger partial charge in [-0.15, -0.1) is 0 Å². The molecule has 27 heavy (non-hydrogen) atoms. The van der Waals surface area contributed by atoms with E-state index < -0.39 is 47.9 Å². The summed E-state index contributed by atoms with van der Waals surface area (Å²) in [5.74, 6) is -1.14. The lowest BCUT2D eigenvalue weighted by molar-refractivity contribution is -0.438. The lowest BCUT2D eigenvalue weighted by atomic mass is 10.3. The molecule has 0 aliphatic heterocycles. The Kier molecular flexibility index (Phi) is 6.23. The number of ether oxygens (including phenoxy) is 1. The molecular weight excluding hydrogens is 541 g/mol. The summed E-state index contributed by atoms with van der Waals surface area (Å²) in [5.41, 5.74) is -0.663. The van der Waals surface area contributed by atoms with Crippen molar-refractivity contribution in [1.82, 2.24) is 0 Å². The quantitative estimate of drug-likeness (QED) is 0.122. The standard InChI is InChI=1S/C10H4F8INO6S/c11-7(12,19)8(13,14)26-9(15,16)10(17,18)27(23,24)25-6-3-1-5(2-4-6)20(21)22/h1-4H. The number of nitrogens with zero attached hydrogens (tertiary/aromatic N) is 1. The number of non-ortho nitro benzene ring substituents is 1. The molecule has 0 amide bonds. The van der Waals surface area contributed by atoms with Gasteiger partial charge in [-0.1, -0.05) is 0 Å². The first-order chi connectivity index (χ1) is 11.8. The van der Waals surface area contributed by atoms with Crippen molar-refractivity contribution in [3.05, 3.63) is 34.4 Å². The number of hydrogen-bond acceptors (Lipinski definition) is 6. The molecule has 0 bridgehead atoms. The molecule has 0 unspecified atom stereocenters. The van der Waals surface area contributed by atoms with E-state index in [9.17, 15) is 53.7 Å². The number of rotatable bonds is 8. The third-order valence-corrected chi connectivity index (χ3v) is 4.40. The fraction of sp³-hybridized carbons (Fsp3) is 0.400. The molecule has 154 valence electrons. The van der Waals surface area contributed by atoms with Crippen LogP contribution in [0.2, 0.25) is 0 Å². The number of benzene rings is 1. The van der Waals surface area contributed by atoms with E-state index in [4.69, 9.17) is 0 Å². The second-order valence-corrected chi connectivity index (χ2v) is 7.38. The topological polar surface area (TPSA) is 95.7 Å². The minimum absolute atomic E-state index is 0.387. The number of nitro groups is 1. The Morgan fingerprint density at radius 3 is 1.74 bits per heavy atom. The van der Waals surface area contributed by atoms with Crippen molar-refractivity contribution in [2.45, 2.75) is 21.4 Å². The summed E-state index contributed by atoms with van der Waals surface area (Å²) in [6.07, 6.45) is -12.8. The Hall–Kier alpha value is -1.50. The van der Waals surface area contributed by atoms with Crippen LogP contribution in [0.25, 0.3) is 0 Å². The first kappa shape index (κ1) is 23.5. The molecule has 17 heteroatoms. The molecule has 0 spiro atoms. The number of halogens is 9. The monoisotopic (exact) mass is 545 g/mol. The zero-order valence-electron chi connectivity index (χ0n) is 12.0. The molecule has 1 aromatic carbocycles. The number of nitro benzene ring substituents is 1. The average Bonchev–Trinajstić information content (AvgIpc) is 2.44. The Balaban J connectivity index is 3.17. The van der Waals surface area contributed by atoms with Crippen LogP contribution in [0.15, 0.2) is 24.3 Å². The summed E-state index contributed by atoms with van der Waals surface area (Å²) < 4.78 is 127. The lowest BCUT2D eigenvalue weighted by Gasteiger charge is -2.30. The van der Waals surface area contributed by atoms with Gasteiger partial charge in [0, 0.05) is 34.7 Å². The van der Waals surface area contributed by atoms with Crippen molar-refractivity contribution in [2.75, 3.05) is 0 Å². The van der Waals surface area contributed by atoms with Gasteiger partial charge in [0.1, 0.15) is 5.75 Å². The van der Waals surface area contributed by atoms with E-state index >= 15 is 0 Å². The van der Waals surface area contributed by atoms with E-state index in [2.05, 4.69) is 8.92 Å². The minimum atomic E-state index is -6.78. The molecule has 0 atom stereocenters. The van der Waals surface area contributed by atoms with Gasteiger partial charge in [0.15, 0.2) is 0 Å². The van der Waals surface area contributed by atoms with Gasteiger partial charge in [-0.25, -0.2) is 4.74 Å². The van der Waals surface area contributed by atoms with Crippen molar-refractivity contribution >= 4 is 38.4 Å². The van der Waals surface area contributed by atoms with Crippen LogP contribution in [0.5, 0.6) is 5.75 Å². The summed E-state index contributed by atoms with van der Waals surface area (Å²) in [7, 11) is -6.78. The molecule has 0 saturated heterocycles. The van der Waals surface area contributed by atoms with Gasteiger partial charge < -0.3 is 4.18 Å². The molecule has 1 aromatic rings. The highest BCUT2D eigenvalue weighted by molar-refractivity contribution is 14.1. The molecule has 0 radical (unpaired) electrons. The molecular formula is C10H4F8INO6S. The van der Waals surface area contributed by atoms with Crippen molar-refractivity contribution in [2.24, 2.45) is 0 Å². The molecule has 0 saturated carbocycles. The van der Waals surface area contributed by atoms with E-state index in [0.717, 1.165) is 0 Å². The van der Waals surface area contributed by atoms with Gasteiger partial charge in [0.25, 0.3) is 5.69 Å². The van der Waals surface area contributed by atoms with Gasteiger partial charge in [-0.05, 0) is 12.1 Å². The van der Waals surface area contributed by atoms with E-state index in [1.165, 1.54) is 0 Å². The fourth-order valence-electron chi connectivity index (χ4n) is 1.23. The second kappa shape index (κ2) is 7.15. The zero-order chi connectivity index (χ0) is 21.5. The van der Waals surface area contributed by atoms with Crippen molar-refractivity contribution in [1.29, 1.82) is 0 Å². The van der Waals surface area contributed by atoms with Crippen molar-refractivity contribution in [3.63, 3.8) is 0 Å². The molecule has 0 aromatic heterocycles. The minimum Gasteiger partial charge on any atom is -0.378 e. The highest BCUT2D eigenvalue weighted by Gasteiger charge is 2.74. The largest absolute Gasteiger partial charge is 0.471 e. The van der Waals surface area contributed by atoms with Crippen molar-refractivity contribution < 1.29 is 57.4 Å². The average molecular weight is 545 g/mol. The molecule has 0 N–H and O–H groups in total. The molecule has 0 fully saturated rings. The molecule has 0 aliphatic rings. The normalized spacial score (nSPS) is 14.1. The van der Waals surface area contributed by atoms with Gasteiger partial charge >= 0.3 is 31.5 Å². The van der Waals surface area contributed by atoms with Gasteiger partial charge in [0.2, 0.25) is 0 Å².